The molecule has 0 bridgehead atoms. The van der Waals surface area contributed by atoms with Gasteiger partial charge in [0.15, 0.2) is 0 Å². The van der Waals surface area contributed by atoms with E-state index >= 15 is 0 Å². The number of hydrogen-bond donors (Lipinski definition) is 1. The minimum absolute atomic E-state index is 0.0205. The van der Waals surface area contributed by atoms with Gasteiger partial charge in [0.2, 0.25) is 0 Å². The Kier molecular flexibility index (Phi) is 6.09. The Bertz CT molecular complexity index is 449. The lowest BCUT2D eigenvalue weighted by Gasteiger charge is -2.08. The van der Waals surface area contributed by atoms with Gasteiger partial charge in [-0.15, -0.1) is 0 Å². The molecule has 0 heterocycles. The zero-order chi connectivity index (χ0) is 13.7. The molecule has 2 rings (SSSR count). The van der Waals surface area contributed by atoms with Crippen molar-refractivity contribution in [3.8, 4) is 0 Å². The van der Waals surface area contributed by atoms with Gasteiger partial charge in [-0.2, -0.15) is 0 Å². The molecule has 0 unspecified atom stereocenters. The average molecular weight is 438 g/mol. The van der Waals surface area contributed by atoms with E-state index in [-0.39, 0.29) is 5.91 Å². The highest BCUT2D eigenvalue weighted by atomic mass is 127. The third kappa shape index (κ3) is 5.39. The van der Waals surface area contributed by atoms with Gasteiger partial charge in [0.1, 0.15) is 0 Å². The molecule has 0 atom stereocenters. The van der Waals surface area contributed by atoms with E-state index in [9.17, 15) is 4.79 Å². The van der Waals surface area contributed by atoms with Crippen LogP contribution in [0.25, 0.3) is 0 Å². The maximum absolute atomic E-state index is 12.0. The fraction of sp³-hybridized carbons (Fsp3) is 0.500. The highest BCUT2D eigenvalue weighted by Gasteiger charge is 2.20. The number of carbonyl (C=O) groups is 1. The Balaban J connectivity index is 1.66. The van der Waals surface area contributed by atoms with Crippen molar-refractivity contribution in [3.05, 3.63) is 31.8 Å². The third-order valence-electron chi connectivity index (χ3n) is 2.97. The number of ether oxygens (including phenoxy) is 1. The molecule has 1 amide bonds. The maximum atomic E-state index is 12.0. The summed E-state index contributed by atoms with van der Waals surface area (Å²) in [5.41, 5.74) is 0.717. The lowest BCUT2D eigenvalue weighted by atomic mass is 10.2. The summed E-state index contributed by atoms with van der Waals surface area (Å²) in [7, 11) is 0. The van der Waals surface area contributed by atoms with Crippen molar-refractivity contribution in [2.45, 2.75) is 19.3 Å². The molecular formula is C14H17BrINO2. The van der Waals surface area contributed by atoms with Gasteiger partial charge >= 0.3 is 0 Å². The number of hydrogen-bond acceptors (Lipinski definition) is 2. The SMILES string of the molecule is O=C(NCCCOCC1CC1)c1cc(Br)ccc1I. The highest BCUT2D eigenvalue weighted by Crippen LogP contribution is 2.28. The first kappa shape index (κ1) is 15.3. The Hall–Kier alpha value is -0.140. The van der Waals surface area contributed by atoms with Crippen LogP contribution in [0.5, 0.6) is 0 Å². The molecule has 0 radical (unpaired) electrons. The van der Waals surface area contributed by atoms with Gasteiger partial charge in [0, 0.05) is 27.8 Å². The van der Waals surface area contributed by atoms with E-state index in [1.165, 1.54) is 12.8 Å². The molecule has 0 aliphatic heterocycles. The summed E-state index contributed by atoms with van der Waals surface area (Å²) in [5.74, 6) is 0.783. The van der Waals surface area contributed by atoms with Crippen LogP contribution >= 0.6 is 38.5 Å². The second kappa shape index (κ2) is 7.59. The van der Waals surface area contributed by atoms with Crippen molar-refractivity contribution in [1.29, 1.82) is 0 Å². The van der Waals surface area contributed by atoms with Crippen LogP contribution in [-0.2, 0) is 4.74 Å². The zero-order valence-corrected chi connectivity index (χ0v) is 14.4. The zero-order valence-electron chi connectivity index (χ0n) is 10.6. The third-order valence-corrected chi connectivity index (χ3v) is 4.41. The molecule has 0 aromatic heterocycles. The first-order valence-corrected chi connectivity index (χ1v) is 8.35. The molecule has 1 N–H and O–H groups in total. The van der Waals surface area contributed by atoms with Gasteiger partial charge in [-0.3, -0.25) is 4.79 Å². The summed E-state index contributed by atoms with van der Waals surface area (Å²) in [6.45, 7) is 2.27. The first-order valence-electron chi connectivity index (χ1n) is 6.48. The van der Waals surface area contributed by atoms with Crippen LogP contribution in [0.3, 0.4) is 0 Å². The van der Waals surface area contributed by atoms with Crippen molar-refractivity contribution in [3.63, 3.8) is 0 Å². The van der Waals surface area contributed by atoms with E-state index in [1.807, 2.05) is 18.2 Å². The molecule has 0 saturated heterocycles. The van der Waals surface area contributed by atoms with Gasteiger partial charge in [-0.25, -0.2) is 0 Å². The fourth-order valence-corrected chi connectivity index (χ4v) is 2.62. The molecule has 1 aliphatic rings. The average Bonchev–Trinajstić information content (AvgIpc) is 3.20. The number of nitrogens with one attached hydrogen (secondary N) is 1. The summed E-state index contributed by atoms with van der Waals surface area (Å²) in [6.07, 6.45) is 3.50. The van der Waals surface area contributed by atoms with Gasteiger partial charge in [0.25, 0.3) is 5.91 Å². The number of halogens is 2. The Morgan fingerprint density at radius 2 is 2.26 bits per heavy atom. The summed E-state index contributed by atoms with van der Waals surface area (Å²) < 4.78 is 7.41. The van der Waals surface area contributed by atoms with E-state index < -0.39 is 0 Å². The van der Waals surface area contributed by atoms with E-state index in [0.717, 1.165) is 33.6 Å². The highest BCUT2D eigenvalue weighted by molar-refractivity contribution is 14.1. The largest absolute Gasteiger partial charge is 0.381 e. The molecule has 1 aliphatic carbocycles. The smallest absolute Gasteiger partial charge is 0.252 e. The molecule has 3 nitrogen and oxygen atoms in total. The molecule has 5 heteroatoms. The molecule has 104 valence electrons. The van der Waals surface area contributed by atoms with Crippen molar-refractivity contribution in [2.24, 2.45) is 5.92 Å². The predicted octanol–water partition coefficient (Wildman–Crippen LogP) is 3.60. The Labute approximate surface area is 135 Å². The van der Waals surface area contributed by atoms with E-state index in [2.05, 4.69) is 43.8 Å². The minimum Gasteiger partial charge on any atom is -0.381 e. The first-order chi connectivity index (χ1) is 9.16. The number of benzene rings is 1. The van der Waals surface area contributed by atoms with Crippen molar-refractivity contribution in [1.82, 2.24) is 5.32 Å². The predicted molar refractivity (Wildman–Crippen MR) is 87.4 cm³/mol. The molecule has 1 fully saturated rings. The summed E-state index contributed by atoms with van der Waals surface area (Å²) in [5, 5.41) is 2.93. The normalized spacial score (nSPS) is 14.4. The standard InChI is InChI=1S/C14H17BrINO2/c15-11-4-5-13(16)12(8-11)14(18)17-6-1-7-19-9-10-2-3-10/h4-5,8,10H,1-3,6-7,9H2,(H,17,18). The minimum atomic E-state index is -0.0205. The molecule has 19 heavy (non-hydrogen) atoms. The van der Waals surface area contributed by atoms with Crippen molar-refractivity contribution < 1.29 is 9.53 Å². The fourth-order valence-electron chi connectivity index (χ4n) is 1.68. The van der Waals surface area contributed by atoms with E-state index in [0.29, 0.717) is 12.1 Å². The molecular weight excluding hydrogens is 421 g/mol. The number of rotatable bonds is 7. The molecule has 0 spiro atoms. The Morgan fingerprint density at radius 1 is 1.47 bits per heavy atom. The van der Waals surface area contributed by atoms with Crippen LogP contribution in [0.15, 0.2) is 22.7 Å². The van der Waals surface area contributed by atoms with Crippen LogP contribution in [0.2, 0.25) is 0 Å². The van der Waals surface area contributed by atoms with Gasteiger partial charge in [-0.05, 0) is 66.0 Å². The van der Waals surface area contributed by atoms with E-state index in [4.69, 9.17) is 4.74 Å². The number of carbonyl (C=O) groups excluding carboxylic acids is 1. The van der Waals surface area contributed by atoms with Gasteiger partial charge < -0.3 is 10.1 Å². The second-order valence-electron chi connectivity index (χ2n) is 4.75. The van der Waals surface area contributed by atoms with Crippen molar-refractivity contribution >= 4 is 44.4 Å². The van der Waals surface area contributed by atoms with Crippen LogP contribution in [0.1, 0.15) is 29.6 Å². The lowest BCUT2D eigenvalue weighted by Crippen LogP contribution is -2.26. The topological polar surface area (TPSA) is 38.3 Å². The summed E-state index contributed by atoms with van der Waals surface area (Å²) >= 11 is 5.56. The van der Waals surface area contributed by atoms with Crippen LogP contribution in [0.4, 0.5) is 0 Å². The molecule has 1 saturated carbocycles. The van der Waals surface area contributed by atoms with Crippen LogP contribution in [0, 0.1) is 9.49 Å². The van der Waals surface area contributed by atoms with Crippen LogP contribution in [-0.4, -0.2) is 25.7 Å². The van der Waals surface area contributed by atoms with Crippen LogP contribution < -0.4 is 5.32 Å². The van der Waals surface area contributed by atoms with Gasteiger partial charge in [0.05, 0.1) is 5.56 Å². The summed E-state index contributed by atoms with van der Waals surface area (Å²) in [6, 6.07) is 5.71. The maximum Gasteiger partial charge on any atom is 0.252 e. The quantitative estimate of drug-likeness (QED) is 0.522. The number of amides is 1. The molecule has 1 aromatic rings. The van der Waals surface area contributed by atoms with Crippen molar-refractivity contribution in [2.75, 3.05) is 19.8 Å². The van der Waals surface area contributed by atoms with Gasteiger partial charge in [-0.1, -0.05) is 15.9 Å². The monoisotopic (exact) mass is 437 g/mol. The Morgan fingerprint density at radius 3 is 3.00 bits per heavy atom. The summed E-state index contributed by atoms with van der Waals surface area (Å²) in [4.78, 5) is 12.0. The van der Waals surface area contributed by atoms with E-state index in [1.54, 1.807) is 0 Å². The second-order valence-corrected chi connectivity index (χ2v) is 6.83. The lowest BCUT2D eigenvalue weighted by molar-refractivity contribution is 0.0936. The molecule has 1 aromatic carbocycles.